The van der Waals surface area contributed by atoms with Crippen LogP contribution in [0.4, 0.5) is 4.39 Å². The predicted octanol–water partition coefficient (Wildman–Crippen LogP) is 3.54. The molecule has 1 aromatic carbocycles. The molecule has 2 atom stereocenters. The average molecular weight is 247 g/mol. The summed E-state index contributed by atoms with van der Waals surface area (Å²) in [4.78, 5) is 0. The van der Waals surface area contributed by atoms with Crippen molar-refractivity contribution >= 4 is 23.4 Å². The van der Waals surface area contributed by atoms with Crippen molar-refractivity contribution < 1.29 is 9.50 Å². The van der Waals surface area contributed by atoms with Crippen LogP contribution in [0.2, 0.25) is 5.02 Å². The third-order valence-electron chi connectivity index (χ3n) is 2.65. The molecule has 0 fully saturated rings. The molecular weight excluding hydrogens is 235 g/mol. The van der Waals surface area contributed by atoms with E-state index in [-0.39, 0.29) is 5.82 Å². The molecule has 1 heterocycles. The average Bonchev–Trinajstić information content (AvgIpc) is 2.32. The number of hydrogen-bond donors (Lipinski definition) is 1. The van der Waals surface area contributed by atoms with E-state index in [2.05, 4.69) is 0 Å². The van der Waals surface area contributed by atoms with Crippen LogP contribution < -0.4 is 0 Å². The topological polar surface area (TPSA) is 20.2 Å². The zero-order valence-corrected chi connectivity index (χ0v) is 9.91. The summed E-state index contributed by atoms with van der Waals surface area (Å²) in [5, 5.41) is 10.7. The van der Waals surface area contributed by atoms with Crippen molar-refractivity contribution in [3.8, 4) is 0 Å². The lowest BCUT2D eigenvalue weighted by atomic mass is 10.00. The molecule has 1 unspecified atom stereocenters. The highest BCUT2D eigenvalue weighted by Crippen LogP contribution is 2.39. The standard InChI is InChI=1S/C11H12ClFOS/c1-6-4-10(14)11-7(5-15-6)9(13)3-2-8(11)12/h2-3,6,10,14H,4-5H2,1H3/t6?,10-/m1/s1. The molecule has 0 aliphatic carbocycles. The quantitative estimate of drug-likeness (QED) is 0.756. The third kappa shape index (κ3) is 2.14. The fraction of sp³-hybridized carbons (Fsp3) is 0.455. The Morgan fingerprint density at radius 1 is 1.53 bits per heavy atom. The van der Waals surface area contributed by atoms with Crippen molar-refractivity contribution in [2.24, 2.45) is 0 Å². The second-order valence-corrected chi connectivity index (χ2v) is 5.63. The number of hydrogen-bond acceptors (Lipinski definition) is 2. The van der Waals surface area contributed by atoms with E-state index in [9.17, 15) is 9.50 Å². The molecule has 4 heteroatoms. The highest BCUT2D eigenvalue weighted by molar-refractivity contribution is 7.99. The highest BCUT2D eigenvalue weighted by Gasteiger charge is 2.25. The van der Waals surface area contributed by atoms with Gasteiger partial charge in [-0.1, -0.05) is 18.5 Å². The molecule has 15 heavy (non-hydrogen) atoms. The van der Waals surface area contributed by atoms with E-state index in [1.807, 2.05) is 6.92 Å². The van der Waals surface area contributed by atoms with Gasteiger partial charge < -0.3 is 5.11 Å². The third-order valence-corrected chi connectivity index (χ3v) is 4.19. The Morgan fingerprint density at radius 3 is 3.00 bits per heavy atom. The van der Waals surface area contributed by atoms with Crippen LogP contribution in [0.5, 0.6) is 0 Å². The first-order valence-corrected chi connectivity index (χ1v) is 6.28. The maximum atomic E-state index is 13.5. The van der Waals surface area contributed by atoms with Crippen molar-refractivity contribution in [3.05, 3.63) is 34.1 Å². The minimum Gasteiger partial charge on any atom is -0.388 e. The van der Waals surface area contributed by atoms with Gasteiger partial charge in [0.1, 0.15) is 5.82 Å². The lowest BCUT2D eigenvalue weighted by Crippen LogP contribution is -2.05. The fourth-order valence-electron chi connectivity index (χ4n) is 1.84. The Balaban J connectivity index is 2.52. The van der Waals surface area contributed by atoms with E-state index in [4.69, 9.17) is 11.6 Å². The second kappa shape index (κ2) is 4.32. The molecule has 0 amide bonds. The number of aliphatic hydroxyl groups is 1. The van der Waals surface area contributed by atoms with Gasteiger partial charge in [0.05, 0.1) is 6.10 Å². The maximum Gasteiger partial charge on any atom is 0.127 e. The Hall–Kier alpha value is -0.250. The van der Waals surface area contributed by atoms with E-state index in [0.29, 0.717) is 33.6 Å². The Morgan fingerprint density at radius 2 is 2.27 bits per heavy atom. The summed E-state index contributed by atoms with van der Waals surface area (Å²) < 4.78 is 13.5. The Labute approximate surface area is 97.6 Å². The van der Waals surface area contributed by atoms with Crippen LogP contribution in [-0.2, 0) is 5.75 Å². The van der Waals surface area contributed by atoms with Gasteiger partial charge in [-0.2, -0.15) is 11.8 Å². The van der Waals surface area contributed by atoms with Crippen molar-refractivity contribution in [1.29, 1.82) is 0 Å². The molecule has 1 nitrogen and oxygen atoms in total. The van der Waals surface area contributed by atoms with Crippen LogP contribution in [0, 0.1) is 5.82 Å². The Kier molecular flexibility index (Phi) is 3.24. The zero-order chi connectivity index (χ0) is 11.0. The molecule has 2 rings (SSSR count). The lowest BCUT2D eigenvalue weighted by molar-refractivity contribution is 0.168. The summed E-state index contributed by atoms with van der Waals surface area (Å²) in [6, 6.07) is 2.88. The predicted molar refractivity (Wildman–Crippen MR) is 61.7 cm³/mol. The first kappa shape index (κ1) is 11.2. The number of benzene rings is 1. The zero-order valence-electron chi connectivity index (χ0n) is 8.34. The number of thioether (sulfide) groups is 1. The summed E-state index contributed by atoms with van der Waals surface area (Å²) in [5.74, 6) is 0.315. The molecule has 1 aromatic rings. The monoisotopic (exact) mass is 246 g/mol. The molecule has 1 aliphatic rings. The molecule has 1 N–H and O–H groups in total. The lowest BCUT2D eigenvalue weighted by Gasteiger charge is -2.14. The van der Waals surface area contributed by atoms with E-state index in [0.717, 1.165) is 0 Å². The highest BCUT2D eigenvalue weighted by atomic mass is 35.5. The Bertz CT molecular complexity index is 383. The van der Waals surface area contributed by atoms with Crippen LogP contribution in [0.15, 0.2) is 12.1 Å². The van der Waals surface area contributed by atoms with Gasteiger partial charge in [-0.25, -0.2) is 4.39 Å². The minimum absolute atomic E-state index is 0.268. The molecular formula is C11H12ClFOS. The number of aliphatic hydroxyl groups excluding tert-OH is 1. The van der Waals surface area contributed by atoms with Crippen LogP contribution in [0.1, 0.15) is 30.6 Å². The van der Waals surface area contributed by atoms with Gasteiger partial charge >= 0.3 is 0 Å². The van der Waals surface area contributed by atoms with E-state index < -0.39 is 6.10 Å². The molecule has 0 radical (unpaired) electrons. The van der Waals surface area contributed by atoms with Crippen LogP contribution in [-0.4, -0.2) is 10.4 Å². The summed E-state index contributed by atoms with van der Waals surface area (Å²) in [6.45, 7) is 2.03. The summed E-state index contributed by atoms with van der Waals surface area (Å²) in [5.41, 5.74) is 1.14. The van der Waals surface area contributed by atoms with Gasteiger partial charge in [0.2, 0.25) is 0 Å². The van der Waals surface area contributed by atoms with Gasteiger partial charge in [0.15, 0.2) is 0 Å². The van der Waals surface area contributed by atoms with Gasteiger partial charge in [-0.15, -0.1) is 0 Å². The number of fused-ring (bicyclic) bond motifs is 1. The van der Waals surface area contributed by atoms with E-state index >= 15 is 0 Å². The largest absolute Gasteiger partial charge is 0.388 e. The van der Waals surface area contributed by atoms with Crippen molar-refractivity contribution in [2.45, 2.75) is 30.5 Å². The van der Waals surface area contributed by atoms with Crippen LogP contribution in [0.25, 0.3) is 0 Å². The van der Waals surface area contributed by atoms with Crippen LogP contribution in [0.3, 0.4) is 0 Å². The van der Waals surface area contributed by atoms with Gasteiger partial charge in [-0.3, -0.25) is 0 Å². The first-order chi connectivity index (χ1) is 7.09. The molecule has 1 aliphatic heterocycles. The van der Waals surface area contributed by atoms with Crippen LogP contribution >= 0.6 is 23.4 Å². The van der Waals surface area contributed by atoms with Crippen molar-refractivity contribution in [2.75, 3.05) is 0 Å². The smallest absolute Gasteiger partial charge is 0.127 e. The molecule has 0 saturated carbocycles. The number of rotatable bonds is 0. The molecule has 82 valence electrons. The van der Waals surface area contributed by atoms with Gasteiger partial charge in [0, 0.05) is 27.2 Å². The van der Waals surface area contributed by atoms with E-state index in [1.165, 1.54) is 12.1 Å². The van der Waals surface area contributed by atoms with Gasteiger partial charge in [-0.05, 0) is 18.6 Å². The fourth-order valence-corrected chi connectivity index (χ4v) is 3.21. The van der Waals surface area contributed by atoms with Crippen molar-refractivity contribution in [1.82, 2.24) is 0 Å². The molecule has 0 saturated heterocycles. The minimum atomic E-state index is -0.645. The maximum absolute atomic E-state index is 13.5. The van der Waals surface area contributed by atoms with E-state index in [1.54, 1.807) is 11.8 Å². The van der Waals surface area contributed by atoms with Crippen molar-refractivity contribution in [3.63, 3.8) is 0 Å². The molecule has 0 aromatic heterocycles. The summed E-state index contributed by atoms with van der Waals surface area (Å²) in [7, 11) is 0. The normalized spacial score (nSPS) is 25.9. The van der Waals surface area contributed by atoms with Gasteiger partial charge in [0.25, 0.3) is 0 Å². The molecule has 0 spiro atoms. The molecule has 0 bridgehead atoms. The summed E-state index contributed by atoms with van der Waals surface area (Å²) >= 11 is 7.64. The number of halogens is 2. The summed E-state index contributed by atoms with van der Waals surface area (Å²) in [6.07, 6.45) is -0.0194. The SMILES string of the molecule is CC1C[C@@H](O)c2c(Cl)ccc(F)c2CS1. The first-order valence-electron chi connectivity index (χ1n) is 4.86. The second-order valence-electron chi connectivity index (χ2n) is 3.79.